The summed E-state index contributed by atoms with van der Waals surface area (Å²) in [6.45, 7) is 0. The van der Waals surface area contributed by atoms with Crippen LogP contribution in [0.25, 0.3) is 43.1 Å². The molecule has 0 saturated carbocycles. The van der Waals surface area contributed by atoms with Crippen molar-refractivity contribution in [1.29, 1.82) is 5.26 Å². The van der Waals surface area contributed by atoms with E-state index >= 15 is 0 Å². The number of primary amides is 2. The van der Waals surface area contributed by atoms with Crippen LogP contribution < -0.4 is 11.5 Å². The van der Waals surface area contributed by atoms with Crippen LogP contribution in [0.1, 0.15) is 26.3 Å². The van der Waals surface area contributed by atoms with Gasteiger partial charge < -0.3 is 11.5 Å². The van der Waals surface area contributed by atoms with Gasteiger partial charge in [-0.2, -0.15) is 5.26 Å². The Labute approximate surface area is 159 Å². The number of hydrogen-bond acceptors (Lipinski definition) is 3. The van der Waals surface area contributed by atoms with Gasteiger partial charge in [-0.3, -0.25) is 9.59 Å². The molecular weight excluding hydrogens is 350 g/mol. The first-order valence-corrected chi connectivity index (χ1v) is 8.69. The summed E-state index contributed by atoms with van der Waals surface area (Å²) >= 11 is 0. The Hall–Kier alpha value is -4.17. The molecule has 5 heteroatoms. The predicted molar refractivity (Wildman–Crippen MR) is 109 cm³/mol. The molecule has 2 amide bonds. The standard InChI is InChI=1S/C23H13N3O2/c24-10-11-4-5-14-16-7-9-18(23(26)28)21-17(22(25)27)8-6-15(20(16)21)13-3-1-2-12(11)19(13)14/h1-9H,(H2,25,27)(H2,26,28). The third-order valence-electron chi connectivity index (χ3n) is 5.43. The van der Waals surface area contributed by atoms with Crippen molar-refractivity contribution in [3.63, 3.8) is 0 Å². The van der Waals surface area contributed by atoms with Crippen LogP contribution in [-0.4, -0.2) is 11.8 Å². The van der Waals surface area contributed by atoms with Crippen LogP contribution in [0.15, 0.2) is 54.6 Å². The molecule has 0 radical (unpaired) electrons. The van der Waals surface area contributed by atoms with Gasteiger partial charge in [-0.25, -0.2) is 0 Å². The van der Waals surface area contributed by atoms with Gasteiger partial charge >= 0.3 is 0 Å². The molecule has 0 bridgehead atoms. The van der Waals surface area contributed by atoms with E-state index in [4.69, 9.17) is 11.5 Å². The largest absolute Gasteiger partial charge is 0.366 e. The van der Waals surface area contributed by atoms with Gasteiger partial charge in [0.2, 0.25) is 11.8 Å². The summed E-state index contributed by atoms with van der Waals surface area (Å²) < 4.78 is 0. The van der Waals surface area contributed by atoms with E-state index in [-0.39, 0.29) is 11.1 Å². The number of nitriles is 1. The number of nitrogens with two attached hydrogens (primary N) is 2. The monoisotopic (exact) mass is 363 g/mol. The highest BCUT2D eigenvalue weighted by molar-refractivity contribution is 6.36. The number of nitrogens with zero attached hydrogens (tertiary/aromatic N) is 1. The molecule has 0 fully saturated rings. The summed E-state index contributed by atoms with van der Waals surface area (Å²) in [6.07, 6.45) is 0. The van der Waals surface area contributed by atoms with Crippen LogP contribution in [0.2, 0.25) is 0 Å². The van der Waals surface area contributed by atoms with Gasteiger partial charge in [-0.05, 0) is 50.5 Å². The van der Waals surface area contributed by atoms with E-state index in [0.29, 0.717) is 10.9 Å². The van der Waals surface area contributed by atoms with Crippen molar-refractivity contribution in [3.05, 3.63) is 71.3 Å². The molecular formula is C23H13N3O2. The lowest BCUT2D eigenvalue weighted by molar-refractivity contribution is 0.0998. The molecule has 0 spiro atoms. The Morgan fingerprint density at radius 1 is 0.643 bits per heavy atom. The Kier molecular flexibility index (Phi) is 3.10. The Morgan fingerprint density at radius 3 is 1.71 bits per heavy atom. The normalized spacial score (nSPS) is 11.4. The van der Waals surface area contributed by atoms with Crippen LogP contribution in [0.4, 0.5) is 0 Å². The molecule has 0 aliphatic heterocycles. The van der Waals surface area contributed by atoms with Gasteiger partial charge in [-0.1, -0.05) is 36.4 Å². The van der Waals surface area contributed by atoms with E-state index in [9.17, 15) is 14.9 Å². The van der Waals surface area contributed by atoms with Crippen LogP contribution in [0, 0.1) is 11.3 Å². The van der Waals surface area contributed by atoms with Gasteiger partial charge in [0.25, 0.3) is 0 Å². The van der Waals surface area contributed by atoms with Crippen LogP contribution in [-0.2, 0) is 0 Å². The molecule has 132 valence electrons. The first-order valence-electron chi connectivity index (χ1n) is 8.69. The molecule has 28 heavy (non-hydrogen) atoms. The molecule has 0 atom stereocenters. The van der Waals surface area contributed by atoms with Gasteiger partial charge in [0.05, 0.1) is 11.6 Å². The van der Waals surface area contributed by atoms with Crippen molar-refractivity contribution in [2.24, 2.45) is 11.5 Å². The third-order valence-corrected chi connectivity index (χ3v) is 5.43. The topological polar surface area (TPSA) is 110 Å². The lowest BCUT2D eigenvalue weighted by Crippen LogP contribution is -2.16. The maximum absolute atomic E-state index is 12.1. The first-order chi connectivity index (χ1) is 13.5. The minimum Gasteiger partial charge on any atom is -0.366 e. The van der Waals surface area contributed by atoms with E-state index < -0.39 is 11.8 Å². The maximum atomic E-state index is 12.1. The molecule has 5 nitrogen and oxygen atoms in total. The number of carbonyl (C=O) groups excluding carboxylic acids is 2. The summed E-state index contributed by atoms with van der Waals surface area (Å²) in [7, 11) is 0. The minimum atomic E-state index is -0.616. The lowest BCUT2D eigenvalue weighted by atomic mass is 9.85. The van der Waals surface area contributed by atoms with Crippen molar-refractivity contribution < 1.29 is 9.59 Å². The molecule has 0 aliphatic carbocycles. The highest BCUT2D eigenvalue weighted by atomic mass is 16.1. The maximum Gasteiger partial charge on any atom is 0.249 e. The van der Waals surface area contributed by atoms with Gasteiger partial charge in [-0.15, -0.1) is 0 Å². The molecule has 5 aromatic carbocycles. The first kappa shape index (κ1) is 16.0. The molecule has 4 N–H and O–H groups in total. The fraction of sp³-hybridized carbons (Fsp3) is 0. The molecule has 5 aromatic rings. The summed E-state index contributed by atoms with van der Waals surface area (Å²) in [4.78, 5) is 24.1. The summed E-state index contributed by atoms with van der Waals surface area (Å²) in [6, 6.07) is 18.7. The highest BCUT2D eigenvalue weighted by Crippen LogP contribution is 2.42. The molecule has 0 aromatic heterocycles. The average Bonchev–Trinajstić information content (AvgIpc) is 2.70. The van der Waals surface area contributed by atoms with Crippen molar-refractivity contribution >= 4 is 54.9 Å². The number of fused-ring (bicyclic) bond motifs is 2. The smallest absolute Gasteiger partial charge is 0.249 e. The van der Waals surface area contributed by atoms with E-state index in [0.717, 1.165) is 37.7 Å². The minimum absolute atomic E-state index is 0.263. The summed E-state index contributed by atoms with van der Waals surface area (Å²) in [5.74, 6) is -1.23. The Bertz CT molecular complexity index is 1460. The SMILES string of the molecule is N#Cc1ccc2c3ccc(C(N)=O)c4c(C(N)=O)ccc(c5cccc1c52)c43. The second-order valence-electron chi connectivity index (χ2n) is 6.80. The molecule has 0 saturated heterocycles. The molecule has 0 heterocycles. The number of amides is 2. The van der Waals surface area contributed by atoms with Crippen LogP contribution >= 0.6 is 0 Å². The number of hydrogen-bond donors (Lipinski definition) is 2. The Balaban J connectivity index is 2.18. The highest BCUT2D eigenvalue weighted by Gasteiger charge is 2.21. The van der Waals surface area contributed by atoms with Crippen molar-refractivity contribution in [2.75, 3.05) is 0 Å². The molecule has 0 aliphatic rings. The Morgan fingerprint density at radius 2 is 1.14 bits per heavy atom. The zero-order chi connectivity index (χ0) is 19.6. The fourth-order valence-corrected chi connectivity index (χ4v) is 4.31. The average molecular weight is 363 g/mol. The number of carbonyl (C=O) groups is 2. The van der Waals surface area contributed by atoms with Crippen molar-refractivity contribution in [3.8, 4) is 6.07 Å². The number of rotatable bonds is 2. The predicted octanol–water partition coefficient (Wildman–Crippen LogP) is 3.81. The van der Waals surface area contributed by atoms with Crippen LogP contribution in [0.3, 0.4) is 0 Å². The van der Waals surface area contributed by atoms with E-state index in [1.807, 2.05) is 36.4 Å². The van der Waals surface area contributed by atoms with Gasteiger partial charge in [0.15, 0.2) is 0 Å². The van der Waals surface area contributed by atoms with E-state index in [2.05, 4.69) is 6.07 Å². The third kappa shape index (κ3) is 1.89. The lowest BCUT2D eigenvalue weighted by Gasteiger charge is -2.17. The van der Waals surface area contributed by atoms with Gasteiger partial charge in [0, 0.05) is 21.9 Å². The van der Waals surface area contributed by atoms with Crippen molar-refractivity contribution in [2.45, 2.75) is 0 Å². The van der Waals surface area contributed by atoms with E-state index in [1.165, 1.54) is 0 Å². The summed E-state index contributed by atoms with van der Waals surface area (Å²) in [5, 5.41) is 16.2. The number of benzene rings is 5. The summed E-state index contributed by atoms with van der Waals surface area (Å²) in [5.41, 5.74) is 12.3. The molecule has 5 rings (SSSR count). The van der Waals surface area contributed by atoms with E-state index in [1.54, 1.807) is 18.2 Å². The van der Waals surface area contributed by atoms with Crippen molar-refractivity contribution in [1.82, 2.24) is 0 Å². The zero-order valence-corrected chi connectivity index (χ0v) is 14.6. The van der Waals surface area contributed by atoms with Crippen LogP contribution in [0.5, 0.6) is 0 Å². The second-order valence-corrected chi connectivity index (χ2v) is 6.80. The molecule has 0 unspecified atom stereocenters. The zero-order valence-electron chi connectivity index (χ0n) is 14.6. The van der Waals surface area contributed by atoms with Gasteiger partial charge in [0.1, 0.15) is 0 Å². The fourth-order valence-electron chi connectivity index (χ4n) is 4.31. The second kappa shape index (κ2) is 5.41. The quantitative estimate of drug-likeness (QED) is 0.367.